The molecule has 1 saturated heterocycles. The lowest BCUT2D eigenvalue weighted by molar-refractivity contribution is -0.122. The fourth-order valence-corrected chi connectivity index (χ4v) is 3.22. The number of imide groups is 2. The summed E-state index contributed by atoms with van der Waals surface area (Å²) in [7, 11) is 0. The predicted molar refractivity (Wildman–Crippen MR) is 100 cm³/mol. The predicted octanol–water partition coefficient (Wildman–Crippen LogP) is 3.15. The van der Waals surface area contributed by atoms with E-state index in [1.807, 2.05) is 6.92 Å². The molecule has 2 aromatic rings. The Morgan fingerprint density at radius 2 is 1.74 bits per heavy atom. The number of fused-ring (bicyclic) bond motifs is 1. The standard InChI is InChI=1S/C19H13BrN2O5/c1-10-2-4-12(5-3-10)22-18(24)13(17(23)21-19(22)25)6-11-7-15-16(8-14(11)20)27-9-26-15/h2-8H,9H2,1H3,(H,21,23,25)/b13-6-. The van der Waals surface area contributed by atoms with Crippen LogP contribution in [0.2, 0.25) is 0 Å². The largest absolute Gasteiger partial charge is 0.454 e. The molecule has 2 aliphatic heterocycles. The summed E-state index contributed by atoms with van der Waals surface area (Å²) in [5.74, 6) is -0.366. The first kappa shape index (κ1) is 17.3. The number of nitrogens with zero attached hydrogens (tertiary/aromatic N) is 1. The average Bonchev–Trinajstić information content (AvgIpc) is 3.07. The molecular weight excluding hydrogens is 416 g/mol. The smallest absolute Gasteiger partial charge is 0.335 e. The minimum Gasteiger partial charge on any atom is -0.454 e. The number of carbonyl (C=O) groups excluding carboxylic acids is 3. The number of ether oxygens (including phenoxy) is 2. The van der Waals surface area contributed by atoms with Crippen LogP contribution in [0.1, 0.15) is 11.1 Å². The van der Waals surface area contributed by atoms with Crippen molar-refractivity contribution >= 4 is 45.5 Å². The highest BCUT2D eigenvalue weighted by Gasteiger charge is 2.37. The lowest BCUT2D eigenvalue weighted by Gasteiger charge is -2.26. The average molecular weight is 429 g/mol. The van der Waals surface area contributed by atoms with Gasteiger partial charge in [0.15, 0.2) is 11.5 Å². The topological polar surface area (TPSA) is 84.9 Å². The van der Waals surface area contributed by atoms with E-state index in [2.05, 4.69) is 21.2 Å². The van der Waals surface area contributed by atoms with E-state index in [0.29, 0.717) is 27.2 Å². The van der Waals surface area contributed by atoms with Gasteiger partial charge in [0.1, 0.15) is 5.57 Å². The second-order valence-electron chi connectivity index (χ2n) is 6.02. The molecule has 0 spiro atoms. The summed E-state index contributed by atoms with van der Waals surface area (Å²) in [5.41, 5.74) is 1.76. The summed E-state index contributed by atoms with van der Waals surface area (Å²) in [5, 5.41) is 2.20. The maximum absolute atomic E-state index is 12.9. The summed E-state index contributed by atoms with van der Waals surface area (Å²) < 4.78 is 11.3. The Morgan fingerprint density at radius 1 is 1.07 bits per heavy atom. The third-order valence-electron chi connectivity index (χ3n) is 4.19. The van der Waals surface area contributed by atoms with E-state index in [9.17, 15) is 14.4 Å². The van der Waals surface area contributed by atoms with Gasteiger partial charge in [-0.2, -0.15) is 0 Å². The highest BCUT2D eigenvalue weighted by atomic mass is 79.9. The Labute approximate surface area is 162 Å². The molecule has 2 aliphatic rings. The number of hydrogen-bond acceptors (Lipinski definition) is 5. The van der Waals surface area contributed by atoms with Crippen LogP contribution < -0.4 is 19.7 Å². The second-order valence-corrected chi connectivity index (χ2v) is 6.87. The SMILES string of the molecule is Cc1ccc(N2C(=O)NC(=O)/C(=C/c3cc4c(cc3Br)OCO4)C2=O)cc1. The molecule has 7 nitrogen and oxygen atoms in total. The van der Waals surface area contributed by atoms with Crippen molar-refractivity contribution in [1.82, 2.24) is 5.32 Å². The number of carbonyl (C=O) groups is 3. The molecule has 2 aromatic carbocycles. The maximum atomic E-state index is 12.9. The molecule has 0 atom stereocenters. The van der Waals surface area contributed by atoms with E-state index in [1.165, 1.54) is 6.08 Å². The number of aryl methyl sites for hydroxylation is 1. The van der Waals surface area contributed by atoms with E-state index < -0.39 is 17.8 Å². The van der Waals surface area contributed by atoms with Crippen LogP contribution in [-0.4, -0.2) is 24.6 Å². The number of urea groups is 1. The monoisotopic (exact) mass is 428 g/mol. The number of anilines is 1. The van der Waals surface area contributed by atoms with Gasteiger partial charge in [-0.1, -0.05) is 33.6 Å². The van der Waals surface area contributed by atoms with Gasteiger partial charge in [-0.3, -0.25) is 14.9 Å². The second kappa shape index (κ2) is 6.55. The maximum Gasteiger partial charge on any atom is 0.335 e. The van der Waals surface area contributed by atoms with Crippen molar-refractivity contribution in [3.63, 3.8) is 0 Å². The Balaban J connectivity index is 1.75. The lowest BCUT2D eigenvalue weighted by Crippen LogP contribution is -2.54. The lowest BCUT2D eigenvalue weighted by atomic mass is 10.1. The Morgan fingerprint density at radius 3 is 2.44 bits per heavy atom. The molecule has 136 valence electrons. The molecule has 27 heavy (non-hydrogen) atoms. The first-order chi connectivity index (χ1) is 12.9. The van der Waals surface area contributed by atoms with Crippen molar-refractivity contribution < 1.29 is 23.9 Å². The molecule has 8 heteroatoms. The Bertz CT molecular complexity index is 1010. The molecule has 4 rings (SSSR count). The summed E-state index contributed by atoms with van der Waals surface area (Å²) in [6.45, 7) is 2.00. The molecule has 4 amide bonds. The quantitative estimate of drug-likeness (QED) is 0.586. The molecule has 0 saturated carbocycles. The van der Waals surface area contributed by atoms with Gasteiger partial charge < -0.3 is 9.47 Å². The number of rotatable bonds is 2. The number of hydrogen-bond donors (Lipinski definition) is 1. The van der Waals surface area contributed by atoms with Crippen LogP contribution >= 0.6 is 15.9 Å². The van der Waals surface area contributed by atoms with Crippen molar-refractivity contribution in [2.45, 2.75) is 6.92 Å². The number of nitrogens with one attached hydrogen (secondary N) is 1. The van der Waals surface area contributed by atoms with E-state index >= 15 is 0 Å². The number of amides is 4. The van der Waals surface area contributed by atoms with Crippen LogP contribution in [0.4, 0.5) is 10.5 Å². The third-order valence-corrected chi connectivity index (χ3v) is 4.87. The molecule has 2 heterocycles. The van der Waals surface area contributed by atoms with Gasteiger partial charge in [-0.25, -0.2) is 9.69 Å². The summed E-state index contributed by atoms with van der Waals surface area (Å²) in [6.07, 6.45) is 1.41. The molecular formula is C19H13BrN2O5. The Hall–Kier alpha value is -3.13. The van der Waals surface area contributed by atoms with E-state index in [0.717, 1.165) is 10.5 Å². The van der Waals surface area contributed by atoms with Crippen LogP contribution in [0.25, 0.3) is 6.08 Å². The minimum absolute atomic E-state index is 0.108. The van der Waals surface area contributed by atoms with Crippen molar-refractivity contribution in [1.29, 1.82) is 0 Å². The normalized spacial score (nSPS) is 17.5. The number of benzene rings is 2. The number of halogens is 1. The zero-order valence-corrected chi connectivity index (χ0v) is 15.7. The Kier molecular flexibility index (Phi) is 4.19. The van der Waals surface area contributed by atoms with Gasteiger partial charge in [0.05, 0.1) is 5.69 Å². The van der Waals surface area contributed by atoms with Gasteiger partial charge in [0.2, 0.25) is 6.79 Å². The van der Waals surface area contributed by atoms with E-state index in [4.69, 9.17) is 9.47 Å². The van der Waals surface area contributed by atoms with Crippen molar-refractivity contribution in [2.24, 2.45) is 0 Å². The van der Waals surface area contributed by atoms with Crippen LogP contribution in [0.15, 0.2) is 46.4 Å². The molecule has 1 N–H and O–H groups in total. The van der Waals surface area contributed by atoms with Gasteiger partial charge >= 0.3 is 6.03 Å². The van der Waals surface area contributed by atoms with E-state index in [-0.39, 0.29) is 12.4 Å². The van der Waals surface area contributed by atoms with E-state index in [1.54, 1.807) is 36.4 Å². The van der Waals surface area contributed by atoms with Crippen LogP contribution in [0.3, 0.4) is 0 Å². The summed E-state index contributed by atoms with van der Waals surface area (Å²) >= 11 is 3.39. The van der Waals surface area contributed by atoms with Crippen LogP contribution in [-0.2, 0) is 9.59 Å². The number of barbiturate groups is 1. The van der Waals surface area contributed by atoms with Gasteiger partial charge in [0, 0.05) is 4.47 Å². The zero-order chi connectivity index (χ0) is 19.1. The molecule has 1 fully saturated rings. The minimum atomic E-state index is -0.782. The highest BCUT2D eigenvalue weighted by Crippen LogP contribution is 2.38. The third kappa shape index (κ3) is 3.08. The van der Waals surface area contributed by atoms with Crippen molar-refractivity contribution in [3.8, 4) is 11.5 Å². The summed E-state index contributed by atoms with van der Waals surface area (Å²) in [6, 6.07) is 9.44. The highest BCUT2D eigenvalue weighted by molar-refractivity contribution is 9.10. The fraction of sp³-hybridized carbons (Fsp3) is 0.105. The van der Waals surface area contributed by atoms with Crippen molar-refractivity contribution in [3.05, 3.63) is 57.6 Å². The molecule has 0 aliphatic carbocycles. The molecule has 0 radical (unpaired) electrons. The first-order valence-electron chi connectivity index (χ1n) is 8.01. The summed E-state index contributed by atoms with van der Waals surface area (Å²) in [4.78, 5) is 38.3. The first-order valence-corrected chi connectivity index (χ1v) is 8.80. The molecule has 0 aromatic heterocycles. The molecule has 0 unspecified atom stereocenters. The van der Waals surface area contributed by atoms with Gasteiger partial charge in [-0.05, 0) is 42.8 Å². The fourth-order valence-electron chi connectivity index (χ4n) is 2.78. The zero-order valence-electron chi connectivity index (χ0n) is 14.1. The van der Waals surface area contributed by atoms with Crippen LogP contribution in [0.5, 0.6) is 11.5 Å². The molecule has 0 bridgehead atoms. The van der Waals surface area contributed by atoms with Crippen molar-refractivity contribution in [2.75, 3.05) is 11.7 Å². The van der Waals surface area contributed by atoms with Gasteiger partial charge in [-0.15, -0.1) is 0 Å². The van der Waals surface area contributed by atoms with Gasteiger partial charge in [0.25, 0.3) is 11.8 Å². The van der Waals surface area contributed by atoms with Crippen LogP contribution in [0, 0.1) is 6.92 Å².